The van der Waals surface area contributed by atoms with Gasteiger partial charge < -0.3 is 4.89 Å². The first-order valence-electron chi connectivity index (χ1n) is 2.76. The average Bonchev–Trinajstić information content (AvgIpc) is 2.04. The molecule has 0 saturated heterocycles. The molecule has 0 aliphatic carbocycles. The van der Waals surface area contributed by atoms with Crippen LogP contribution in [0.4, 0.5) is 0 Å². The molecule has 4 nitrogen and oxygen atoms in total. The van der Waals surface area contributed by atoms with Gasteiger partial charge in [-0.2, -0.15) is 9.05 Å². The van der Waals surface area contributed by atoms with Crippen molar-refractivity contribution in [3.05, 3.63) is 10.7 Å². The van der Waals surface area contributed by atoms with Gasteiger partial charge in [0, 0.05) is 4.99 Å². The van der Waals surface area contributed by atoms with Crippen molar-refractivity contribution in [1.29, 1.82) is 0 Å². The van der Waals surface area contributed by atoms with Crippen LogP contribution in [0.2, 0.25) is 0 Å². The first-order chi connectivity index (χ1) is 5.08. The lowest BCUT2D eigenvalue weighted by atomic mass is 10.7. The summed E-state index contributed by atoms with van der Waals surface area (Å²) in [6.45, 7) is 1.62. The van der Waals surface area contributed by atoms with Crippen LogP contribution in [0.25, 0.3) is 0 Å². The molecule has 0 fully saturated rings. The summed E-state index contributed by atoms with van der Waals surface area (Å²) in [7, 11) is -0.841. The third-order valence-corrected chi connectivity index (χ3v) is 2.91. The van der Waals surface area contributed by atoms with Crippen molar-refractivity contribution in [1.82, 2.24) is 0 Å². The van der Waals surface area contributed by atoms with E-state index >= 15 is 0 Å². The standard InChI is InChI=1S/C5H10BrO4P/c1-5(4-6)10-11(7,8-2)9-3/h4H,1-3H3/b5-4-. The van der Waals surface area contributed by atoms with Crippen molar-refractivity contribution < 1.29 is 18.5 Å². The van der Waals surface area contributed by atoms with E-state index in [0.29, 0.717) is 5.76 Å². The molecule has 0 aliphatic rings. The summed E-state index contributed by atoms with van der Waals surface area (Å²) in [5.74, 6) is 0.428. The summed E-state index contributed by atoms with van der Waals surface area (Å²) in [6.07, 6.45) is 0. The highest BCUT2D eigenvalue weighted by molar-refractivity contribution is 9.11. The average molecular weight is 245 g/mol. The summed E-state index contributed by atoms with van der Waals surface area (Å²) in [6, 6.07) is 0. The first kappa shape index (κ1) is 11.3. The van der Waals surface area contributed by atoms with Crippen molar-refractivity contribution in [2.24, 2.45) is 0 Å². The zero-order chi connectivity index (χ0) is 8.91. The van der Waals surface area contributed by atoms with Crippen molar-refractivity contribution in [2.75, 3.05) is 14.2 Å². The van der Waals surface area contributed by atoms with Crippen molar-refractivity contribution in [2.45, 2.75) is 6.92 Å². The lowest BCUT2D eigenvalue weighted by Crippen LogP contribution is -2.15. The topological polar surface area (TPSA) is 50.8 Å². The zero-order valence-electron chi connectivity index (χ0n) is 6.54. The van der Waals surface area contributed by atoms with Gasteiger partial charge >= 0.3 is 8.17 Å². The van der Waals surface area contributed by atoms with E-state index in [9.17, 15) is 4.89 Å². The van der Waals surface area contributed by atoms with Crippen LogP contribution in [0.3, 0.4) is 0 Å². The Morgan fingerprint density at radius 3 is 2.18 bits per heavy atom. The maximum Gasteiger partial charge on any atom is 0.427 e. The molecule has 0 aromatic rings. The number of allylic oxidation sites excluding steroid dienone is 1. The van der Waals surface area contributed by atoms with Crippen LogP contribution in [0.5, 0.6) is 0 Å². The van der Waals surface area contributed by atoms with Gasteiger partial charge in [-0.1, -0.05) is 15.9 Å². The lowest BCUT2D eigenvalue weighted by molar-refractivity contribution is -0.239. The molecule has 0 aromatic heterocycles. The van der Waals surface area contributed by atoms with E-state index in [1.807, 2.05) is 0 Å². The molecule has 0 N–H and O–H groups in total. The number of hydrogen-bond acceptors (Lipinski definition) is 4. The Balaban J connectivity index is 4.08. The smallest absolute Gasteiger partial charge is 0.427 e. The Labute approximate surface area is 74.9 Å². The molecule has 0 radical (unpaired) electrons. The number of phosphoric acid groups is 1. The Bertz CT molecular complexity index is 145. The van der Waals surface area contributed by atoms with E-state index in [2.05, 4.69) is 25.0 Å². The number of rotatable bonds is 4. The molecule has 0 bridgehead atoms. The van der Waals surface area contributed by atoms with Gasteiger partial charge in [0.05, 0.1) is 14.2 Å². The van der Waals surface area contributed by atoms with E-state index in [1.54, 1.807) is 6.92 Å². The fourth-order valence-corrected chi connectivity index (χ4v) is 1.29. The van der Waals surface area contributed by atoms with Gasteiger partial charge in [0.2, 0.25) is 0 Å². The predicted octanol–water partition coefficient (Wildman–Crippen LogP) is 1.59. The summed E-state index contributed by atoms with van der Waals surface area (Å²) < 4.78 is 13.8. The highest BCUT2D eigenvalue weighted by atomic mass is 79.9. The highest BCUT2D eigenvalue weighted by Gasteiger charge is 2.30. The minimum absolute atomic E-state index is 0.428. The molecular formula is C5H10BrO4P. The van der Waals surface area contributed by atoms with E-state index < -0.39 is 8.17 Å². The summed E-state index contributed by atoms with van der Waals surface area (Å²) in [5, 5.41) is 0. The lowest BCUT2D eigenvalue weighted by Gasteiger charge is -2.21. The number of hydrogen-bond donors (Lipinski definition) is 0. The van der Waals surface area contributed by atoms with Crippen molar-refractivity contribution >= 4 is 24.1 Å². The molecule has 6 heteroatoms. The summed E-state index contributed by atoms with van der Waals surface area (Å²) in [5.41, 5.74) is 0. The Morgan fingerprint density at radius 2 is 1.91 bits per heavy atom. The second kappa shape index (κ2) is 5.06. The fourth-order valence-electron chi connectivity index (χ4n) is 0.345. The zero-order valence-corrected chi connectivity index (χ0v) is 9.02. The van der Waals surface area contributed by atoms with E-state index in [0.717, 1.165) is 0 Å². The van der Waals surface area contributed by atoms with Crippen molar-refractivity contribution in [3.8, 4) is 0 Å². The maximum atomic E-state index is 11.2. The maximum absolute atomic E-state index is 11.2. The third-order valence-electron chi connectivity index (χ3n) is 0.857. The van der Waals surface area contributed by atoms with E-state index in [4.69, 9.17) is 4.52 Å². The van der Waals surface area contributed by atoms with Crippen LogP contribution in [0, 0.1) is 0 Å². The summed E-state index contributed by atoms with van der Waals surface area (Å²) >= 11 is 3.01. The molecule has 0 aliphatic heterocycles. The van der Waals surface area contributed by atoms with Gasteiger partial charge in [0.1, 0.15) is 0 Å². The Morgan fingerprint density at radius 1 is 1.45 bits per heavy atom. The number of phosphoric ester groups is 1. The molecule has 0 heterocycles. The van der Waals surface area contributed by atoms with Crippen LogP contribution in [-0.4, -0.2) is 14.2 Å². The highest BCUT2D eigenvalue weighted by Crippen LogP contribution is 2.53. The normalized spacial score (nSPS) is 13.4. The quantitative estimate of drug-likeness (QED) is 0.557. The van der Waals surface area contributed by atoms with Crippen LogP contribution >= 0.6 is 24.1 Å². The van der Waals surface area contributed by atoms with E-state index in [1.165, 1.54) is 19.2 Å². The molecule has 0 unspecified atom stereocenters. The van der Waals surface area contributed by atoms with Gasteiger partial charge in [0.15, 0.2) is 5.76 Å². The van der Waals surface area contributed by atoms with Gasteiger partial charge in [-0.05, 0) is 6.92 Å². The molecule has 66 valence electrons. The molecule has 0 atom stereocenters. The van der Waals surface area contributed by atoms with Crippen LogP contribution in [0.15, 0.2) is 10.7 Å². The van der Waals surface area contributed by atoms with Crippen LogP contribution in [0.1, 0.15) is 6.92 Å². The molecule has 0 aromatic carbocycles. The van der Waals surface area contributed by atoms with E-state index in [-0.39, 0.29) is 0 Å². The molecule has 0 amide bonds. The van der Waals surface area contributed by atoms with Gasteiger partial charge in [-0.25, -0.2) is 0 Å². The van der Waals surface area contributed by atoms with Gasteiger partial charge in [-0.3, -0.25) is 4.52 Å². The van der Waals surface area contributed by atoms with Gasteiger partial charge in [0.25, 0.3) is 0 Å². The summed E-state index contributed by atoms with van der Waals surface area (Å²) in [4.78, 5) is 12.7. The minimum atomic E-state index is -3.35. The predicted molar refractivity (Wildman–Crippen MR) is 44.7 cm³/mol. The molecule has 11 heavy (non-hydrogen) atoms. The monoisotopic (exact) mass is 244 g/mol. The number of halogens is 1. The Kier molecular flexibility index (Phi) is 5.21. The van der Waals surface area contributed by atoms with Crippen molar-refractivity contribution in [3.63, 3.8) is 0 Å². The Hall–Kier alpha value is 0.330. The molecule has 0 spiro atoms. The second-order valence-corrected chi connectivity index (χ2v) is 3.89. The molecular weight excluding hydrogens is 235 g/mol. The van der Waals surface area contributed by atoms with Crippen LogP contribution in [-0.2, 0) is 13.6 Å². The molecule has 0 saturated carbocycles. The SMILES string of the molecule is CO[P+]([O-])(OC)O/C(C)=C\Br. The minimum Gasteiger partial charge on any atom is -0.598 e. The van der Waals surface area contributed by atoms with Crippen LogP contribution < -0.4 is 4.89 Å². The first-order valence-corrected chi connectivity index (χ1v) is 5.13. The van der Waals surface area contributed by atoms with Gasteiger partial charge in [-0.15, -0.1) is 0 Å². The fraction of sp³-hybridized carbons (Fsp3) is 0.600. The largest absolute Gasteiger partial charge is 0.598 e. The third kappa shape index (κ3) is 4.03. The second-order valence-electron chi connectivity index (χ2n) is 1.62. The molecule has 0 rings (SSSR count).